The molecular formula is C9H14N4O. The Morgan fingerprint density at radius 2 is 2.64 bits per heavy atom. The van der Waals surface area contributed by atoms with E-state index in [-0.39, 0.29) is 11.9 Å². The van der Waals surface area contributed by atoms with Crippen LogP contribution in [0.3, 0.4) is 0 Å². The number of rotatable bonds is 2. The molecule has 1 saturated heterocycles. The number of likely N-dealkylation sites (N-methyl/N-ethyl adjacent to an activating group) is 1. The molecule has 1 aromatic rings. The summed E-state index contributed by atoms with van der Waals surface area (Å²) in [6.45, 7) is 1.99. The highest BCUT2D eigenvalue weighted by atomic mass is 16.1. The van der Waals surface area contributed by atoms with Crippen LogP contribution in [0, 0.1) is 0 Å². The Bertz CT molecular complexity index is 309. The summed E-state index contributed by atoms with van der Waals surface area (Å²) >= 11 is 0. The molecule has 1 aromatic heterocycles. The molecule has 0 aliphatic carbocycles. The maximum Gasteiger partial charge on any atom is 0.254 e. The van der Waals surface area contributed by atoms with Gasteiger partial charge in [0.25, 0.3) is 5.91 Å². The third-order valence-electron chi connectivity index (χ3n) is 2.49. The summed E-state index contributed by atoms with van der Waals surface area (Å²) in [6.07, 6.45) is 4.17. The predicted molar refractivity (Wildman–Crippen MR) is 52.0 cm³/mol. The number of aromatic amines is 1. The summed E-state index contributed by atoms with van der Waals surface area (Å²) in [6, 6.07) is 0.280. The van der Waals surface area contributed by atoms with E-state index < -0.39 is 0 Å². The molecule has 0 aromatic carbocycles. The standard InChI is InChI=1S/C9H14N4O/c1-13-3-2-8(6-13)12-9(14)7-4-10-11-5-7/h4-5,8H,2-3,6H2,1H3,(H,10,11)(H,12,14). The third-order valence-corrected chi connectivity index (χ3v) is 2.49. The quantitative estimate of drug-likeness (QED) is 0.688. The Morgan fingerprint density at radius 3 is 3.21 bits per heavy atom. The minimum absolute atomic E-state index is 0.0425. The second-order valence-corrected chi connectivity index (χ2v) is 3.71. The number of carbonyl (C=O) groups excluding carboxylic acids is 1. The Hall–Kier alpha value is -1.36. The van der Waals surface area contributed by atoms with Gasteiger partial charge in [-0.05, 0) is 20.0 Å². The van der Waals surface area contributed by atoms with Crippen LogP contribution in [0.25, 0.3) is 0 Å². The van der Waals surface area contributed by atoms with Crippen molar-refractivity contribution in [3.63, 3.8) is 0 Å². The maximum atomic E-state index is 11.6. The van der Waals surface area contributed by atoms with E-state index in [1.54, 1.807) is 6.20 Å². The van der Waals surface area contributed by atoms with Gasteiger partial charge in [-0.2, -0.15) is 5.10 Å². The van der Waals surface area contributed by atoms with E-state index in [2.05, 4.69) is 27.5 Å². The van der Waals surface area contributed by atoms with Crippen LogP contribution in [0.1, 0.15) is 16.8 Å². The van der Waals surface area contributed by atoms with E-state index in [1.807, 2.05) is 0 Å². The van der Waals surface area contributed by atoms with Gasteiger partial charge in [0.05, 0.1) is 11.8 Å². The zero-order valence-corrected chi connectivity index (χ0v) is 8.16. The summed E-state index contributed by atoms with van der Waals surface area (Å²) < 4.78 is 0. The van der Waals surface area contributed by atoms with Gasteiger partial charge in [0, 0.05) is 18.8 Å². The first kappa shape index (κ1) is 9.21. The van der Waals surface area contributed by atoms with Crippen molar-refractivity contribution in [2.24, 2.45) is 0 Å². The number of aromatic nitrogens is 2. The van der Waals surface area contributed by atoms with Gasteiger partial charge < -0.3 is 10.2 Å². The maximum absolute atomic E-state index is 11.6. The predicted octanol–water partition coefficient (Wildman–Crippen LogP) is -0.156. The number of H-pyrrole nitrogens is 1. The molecule has 1 aliphatic heterocycles. The van der Waals surface area contributed by atoms with Gasteiger partial charge in [0.15, 0.2) is 0 Å². The molecule has 0 radical (unpaired) electrons. The summed E-state index contributed by atoms with van der Waals surface area (Å²) in [4.78, 5) is 13.8. The van der Waals surface area contributed by atoms with Gasteiger partial charge in [-0.3, -0.25) is 9.89 Å². The Labute approximate surface area is 82.5 Å². The normalized spacial score (nSPS) is 22.5. The topological polar surface area (TPSA) is 61.0 Å². The molecule has 2 rings (SSSR count). The van der Waals surface area contributed by atoms with E-state index in [4.69, 9.17) is 0 Å². The average molecular weight is 194 g/mol. The average Bonchev–Trinajstić information content (AvgIpc) is 2.75. The summed E-state index contributed by atoms with van der Waals surface area (Å²) in [7, 11) is 2.06. The highest BCUT2D eigenvalue weighted by Crippen LogP contribution is 2.07. The van der Waals surface area contributed by atoms with Gasteiger partial charge in [0.2, 0.25) is 0 Å². The van der Waals surface area contributed by atoms with Crippen LogP contribution in [-0.2, 0) is 0 Å². The highest BCUT2D eigenvalue weighted by molar-refractivity contribution is 5.93. The lowest BCUT2D eigenvalue weighted by atomic mass is 10.2. The van der Waals surface area contributed by atoms with Crippen molar-refractivity contribution < 1.29 is 4.79 Å². The zero-order valence-electron chi connectivity index (χ0n) is 8.16. The molecule has 1 amide bonds. The molecular weight excluding hydrogens is 180 g/mol. The van der Waals surface area contributed by atoms with E-state index in [0.29, 0.717) is 5.56 Å². The number of amides is 1. The van der Waals surface area contributed by atoms with Crippen LogP contribution < -0.4 is 5.32 Å². The highest BCUT2D eigenvalue weighted by Gasteiger charge is 2.21. The molecule has 0 saturated carbocycles. The molecule has 1 aliphatic rings. The molecule has 1 fully saturated rings. The van der Waals surface area contributed by atoms with Crippen LogP contribution in [0.2, 0.25) is 0 Å². The van der Waals surface area contributed by atoms with Crippen molar-refractivity contribution in [2.75, 3.05) is 20.1 Å². The van der Waals surface area contributed by atoms with Crippen LogP contribution in [-0.4, -0.2) is 47.2 Å². The largest absolute Gasteiger partial charge is 0.348 e. The van der Waals surface area contributed by atoms with Crippen molar-refractivity contribution in [2.45, 2.75) is 12.5 Å². The number of hydrogen-bond donors (Lipinski definition) is 2. The van der Waals surface area contributed by atoms with Crippen molar-refractivity contribution in [1.29, 1.82) is 0 Å². The second-order valence-electron chi connectivity index (χ2n) is 3.71. The fraction of sp³-hybridized carbons (Fsp3) is 0.556. The van der Waals surface area contributed by atoms with E-state index >= 15 is 0 Å². The minimum Gasteiger partial charge on any atom is -0.348 e. The third kappa shape index (κ3) is 1.93. The number of carbonyl (C=O) groups is 1. The van der Waals surface area contributed by atoms with Gasteiger partial charge in [-0.15, -0.1) is 0 Å². The molecule has 2 heterocycles. The van der Waals surface area contributed by atoms with Crippen molar-refractivity contribution in [1.82, 2.24) is 20.4 Å². The van der Waals surface area contributed by atoms with Crippen LogP contribution in [0.15, 0.2) is 12.4 Å². The van der Waals surface area contributed by atoms with Crippen LogP contribution in [0.5, 0.6) is 0 Å². The first-order chi connectivity index (χ1) is 6.75. The van der Waals surface area contributed by atoms with Crippen molar-refractivity contribution in [3.8, 4) is 0 Å². The Morgan fingerprint density at radius 1 is 1.79 bits per heavy atom. The number of nitrogens with one attached hydrogen (secondary N) is 2. The lowest BCUT2D eigenvalue weighted by Crippen LogP contribution is -2.36. The smallest absolute Gasteiger partial charge is 0.254 e. The molecule has 0 spiro atoms. The molecule has 5 nitrogen and oxygen atoms in total. The van der Waals surface area contributed by atoms with Crippen LogP contribution in [0.4, 0.5) is 0 Å². The van der Waals surface area contributed by atoms with Gasteiger partial charge in [-0.25, -0.2) is 0 Å². The van der Waals surface area contributed by atoms with Crippen LogP contribution >= 0.6 is 0 Å². The minimum atomic E-state index is -0.0425. The summed E-state index contributed by atoms with van der Waals surface area (Å²) in [5.74, 6) is -0.0425. The first-order valence-electron chi connectivity index (χ1n) is 4.74. The lowest BCUT2D eigenvalue weighted by Gasteiger charge is -2.11. The molecule has 1 atom stereocenters. The zero-order chi connectivity index (χ0) is 9.97. The monoisotopic (exact) mass is 194 g/mol. The fourth-order valence-electron chi connectivity index (χ4n) is 1.70. The molecule has 2 N–H and O–H groups in total. The van der Waals surface area contributed by atoms with Crippen molar-refractivity contribution >= 4 is 5.91 Å². The molecule has 0 bridgehead atoms. The SMILES string of the molecule is CN1CCC(NC(=O)c2cn[nH]c2)C1. The molecule has 5 heteroatoms. The van der Waals surface area contributed by atoms with E-state index in [0.717, 1.165) is 19.5 Å². The Kier molecular flexibility index (Phi) is 2.49. The Balaban J connectivity index is 1.89. The first-order valence-corrected chi connectivity index (χ1v) is 4.74. The number of nitrogens with zero attached hydrogens (tertiary/aromatic N) is 2. The van der Waals surface area contributed by atoms with Crippen molar-refractivity contribution in [3.05, 3.63) is 18.0 Å². The van der Waals surface area contributed by atoms with Gasteiger partial charge in [0.1, 0.15) is 0 Å². The molecule has 1 unspecified atom stereocenters. The second kappa shape index (κ2) is 3.79. The van der Waals surface area contributed by atoms with Gasteiger partial charge >= 0.3 is 0 Å². The van der Waals surface area contributed by atoms with E-state index in [1.165, 1.54) is 6.20 Å². The van der Waals surface area contributed by atoms with Gasteiger partial charge in [-0.1, -0.05) is 0 Å². The lowest BCUT2D eigenvalue weighted by molar-refractivity contribution is 0.0938. The summed E-state index contributed by atoms with van der Waals surface area (Å²) in [5.41, 5.74) is 0.597. The number of hydrogen-bond acceptors (Lipinski definition) is 3. The summed E-state index contributed by atoms with van der Waals surface area (Å²) in [5, 5.41) is 9.33. The molecule has 76 valence electrons. The van der Waals surface area contributed by atoms with E-state index in [9.17, 15) is 4.79 Å². The molecule has 14 heavy (non-hydrogen) atoms. The number of likely N-dealkylation sites (tertiary alicyclic amines) is 1. The fourth-order valence-corrected chi connectivity index (χ4v) is 1.70.